The second kappa shape index (κ2) is 2.48. The van der Waals surface area contributed by atoms with E-state index in [4.69, 9.17) is 0 Å². The lowest BCUT2D eigenvalue weighted by atomic mass is 9.96. The summed E-state index contributed by atoms with van der Waals surface area (Å²) in [6.07, 6.45) is 0.709. The Balaban J connectivity index is 2.44. The molecule has 0 aliphatic carbocycles. The van der Waals surface area contributed by atoms with Crippen molar-refractivity contribution in [2.24, 2.45) is 5.92 Å². The van der Waals surface area contributed by atoms with E-state index in [2.05, 4.69) is 5.32 Å². The van der Waals surface area contributed by atoms with Crippen LogP contribution in [0.5, 0.6) is 0 Å². The van der Waals surface area contributed by atoms with Gasteiger partial charge in [-0.3, -0.25) is 4.79 Å². The maximum absolute atomic E-state index is 11.0. The van der Waals surface area contributed by atoms with Gasteiger partial charge in [0, 0.05) is 24.9 Å². The van der Waals surface area contributed by atoms with Gasteiger partial charge in [0.25, 0.3) is 0 Å². The molecule has 2 unspecified atom stereocenters. The maximum Gasteiger partial charge on any atom is 0.138 e. The molecular formula is C7H13NO. The first kappa shape index (κ1) is 6.75. The van der Waals surface area contributed by atoms with Crippen molar-refractivity contribution in [2.75, 3.05) is 6.54 Å². The van der Waals surface area contributed by atoms with Crippen LogP contribution in [-0.2, 0) is 4.79 Å². The zero-order valence-electron chi connectivity index (χ0n) is 5.98. The molecule has 1 rings (SSSR count). The molecule has 2 nitrogen and oxygen atoms in total. The van der Waals surface area contributed by atoms with Crippen LogP contribution in [0.2, 0.25) is 0 Å². The Morgan fingerprint density at radius 2 is 2.22 bits per heavy atom. The van der Waals surface area contributed by atoms with E-state index in [9.17, 15) is 4.79 Å². The zero-order chi connectivity index (χ0) is 6.85. The zero-order valence-corrected chi connectivity index (χ0v) is 5.98. The molecule has 1 aliphatic heterocycles. The number of Topliss-reactive ketones (excluding diaryl/α,β-unsaturated/α-hetero) is 1. The minimum Gasteiger partial charge on any atom is -0.313 e. The van der Waals surface area contributed by atoms with Gasteiger partial charge in [-0.25, -0.2) is 0 Å². The van der Waals surface area contributed by atoms with Crippen molar-refractivity contribution < 1.29 is 4.79 Å². The Morgan fingerprint density at radius 1 is 1.56 bits per heavy atom. The van der Waals surface area contributed by atoms with Gasteiger partial charge in [-0.1, -0.05) is 6.92 Å². The molecule has 0 bridgehead atoms. The lowest BCUT2D eigenvalue weighted by Crippen LogP contribution is -2.41. The Bertz CT molecular complexity index is 122. The second-order valence-corrected chi connectivity index (χ2v) is 2.88. The van der Waals surface area contributed by atoms with Crippen LogP contribution in [0.15, 0.2) is 0 Å². The average molecular weight is 127 g/mol. The van der Waals surface area contributed by atoms with Crippen LogP contribution in [0.25, 0.3) is 0 Å². The van der Waals surface area contributed by atoms with Crippen molar-refractivity contribution >= 4 is 5.78 Å². The molecule has 0 aromatic carbocycles. The van der Waals surface area contributed by atoms with E-state index < -0.39 is 0 Å². The Morgan fingerprint density at radius 3 is 2.67 bits per heavy atom. The minimum atomic E-state index is 0.237. The van der Waals surface area contributed by atoms with Gasteiger partial charge < -0.3 is 5.32 Å². The minimum absolute atomic E-state index is 0.237. The van der Waals surface area contributed by atoms with Crippen molar-refractivity contribution in [3.8, 4) is 0 Å². The number of piperidine rings is 1. The summed E-state index contributed by atoms with van der Waals surface area (Å²) < 4.78 is 0. The van der Waals surface area contributed by atoms with Crippen molar-refractivity contribution in [3.05, 3.63) is 0 Å². The molecule has 0 radical (unpaired) electrons. The fourth-order valence-electron chi connectivity index (χ4n) is 1.07. The number of hydrogen-bond donors (Lipinski definition) is 1. The molecule has 0 saturated carbocycles. The molecule has 1 fully saturated rings. The van der Waals surface area contributed by atoms with Crippen LogP contribution in [0.1, 0.15) is 20.3 Å². The Kier molecular flexibility index (Phi) is 1.86. The van der Waals surface area contributed by atoms with Crippen molar-refractivity contribution in [1.29, 1.82) is 0 Å². The number of nitrogens with one attached hydrogen (secondary N) is 1. The summed E-state index contributed by atoms with van der Waals surface area (Å²) >= 11 is 0. The standard InChI is InChI=1S/C7H13NO/c1-5-4-8-6(2)3-7(5)9/h5-6,8H,3-4H2,1-2H3. The largest absolute Gasteiger partial charge is 0.313 e. The van der Waals surface area contributed by atoms with Gasteiger partial charge in [0.15, 0.2) is 0 Å². The fraction of sp³-hybridized carbons (Fsp3) is 0.857. The van der Waals surface area contributed by atoms with Gasteiger partial charge in [-0.15, -0.1) is 0 Å². The summed E-state index contributed by atoms with van der Waals surface area (Å²) in [7, 11) is 0. The molecule has 1 saturated heterocycles. The van der Waals surface area contributed by atoms with E-state index in [1.165, 1.54) is 0 Å². The van der Waals surface area contributed by atoms with Gasteiger partial charge in [-0.05, 0) is 6.92 Å². The highest BCUT2D eigenvalue weighted by molar-refractivity contribution is 5.82. The molecule has 0 aromatic rings. The maximum atomic E-state index is 11.0. The van der Waals surface area contributed by atoms with E-state index in [1.807, 2.05) is 13.8 Å². The molecule has 52 valence electrons. The fourth-order valence-corrected chi connectivity index (χ4v) is 1.07. The first-order chi connectivity index (χ1) is 4.20. The highest BCUT2D eigenvalue weighted by Gasteiger charge is 2.21. The van der Waals surface area contributed by atoms with Crippen LogP contribution in [0.3, 0.4) is 0 Å². The van der Waals surface area contributed by atoms with Gasteiger partial charge in [0.1, 0.15) is 5.78 Å². The number of carbonyl (C=O) groups excluding carboxylic acids is 1. The average Bonchev–Trinajstić information content (AvgIpc) is 1.80. The molecule has 2 heteroatoms. The van der Waals surface area contributed by atoms with Crippen molar-refractivity contribution in [2.45, 2.75) is 26.3 Å². The summed E-state index contributed by atoms with van der Waals surface area (Å²) in [6.45, 7) is 4.88. The first-order valence-electron chi connectivity index (χ1n) is 3.46. The first-order valence-corrected chi connectivity index (χ1v) is 3.46. The number of hydrogen-bond acceptors (Lipinski definition) is 2. The lowest BCUT2D eigenvalue weighted by molar-refractivity contribution is -0.124. The number of rotatable bonds is 0. The Hall–Kier alpha value is -0.370. The third-order valence-electron chi connectivity index (χ3n) is 1.83. The van der Waals surface area contributed by atoms with E-state index >= 15 is 0 Å². The van der Waals surface area contributed by atoms with E-state index in [0.29, 0.717) is 18.2 Å². The van der Waals surface area contributed by atoms with Crippen molar-refractivity contribution in [3.63, 3.8) is 0 Å². The van der Waals surface area contributed by atoms with Crippen LogP contribution in [0, 0.1) is 5.92 Å². The van der Waals surface area contributed by atoms with Crippen LogP contribution in [0.4, 0.5) is 0 Å². The summed E-state index contributed by atoms with van der Waals surface area (Å²) in [4.78, 5) is 11.0. The predicted octanol–water partition coefficient (Wildman–Crippen LogP) is 0.573. The molecule has 0 spiro atoms. The Labute approximate surface area is 55.6 Å². The summed E-state index contributed by atoms with van der Waals surface area (Å²) in [5.41, 5.74) is 0. The normalized spacial score (nSPS) is 36.9. The molecule has 1 heterocycles. The second-order valence-electron chi connectivity index (χ2n) is 2.88. The third-order valence-corrected chi connectivity index (χ3v) is 1.83. The van der Waals surface area contributed by atoms with Gasteiger partial charge in [-0.2, -0.15) is 0 Å². The quantitative estimate of drug-likeness (QED) is 0.515. The molecule has 1 N–H and O–H groups in total. The lowest BCUT2D eigenvalue weighted by Gasteiger charge is -2.23. The van der Waals surface area contributed by atoms with E-state index in [1.54, 1.807) is 0 Å². The summed E-state index contributed by atoms with van der Waals surface area (Å²) in [5.74, 6) is 0.641. The molecule has 2 atom stereocenters. The predicted molar refractivity (Wildman–Crippen MR) is 36.3 cm³/mol. The summed E-state index contributed by atoms with van der Waals surface area (Å²) in [6, 6.07) is 0.397. The SMILES string of the molecule is CC1CC(=O)C(C)CN1. The smallest absolute Gasteiger partial charge is 0.138 e. The van der Waals surface area contributed by atoms with Gasteiger partial charge >= 0.3 is 0 Å². The van der Waals surface area contributed by atoms with Crippen LogP contribution < -0.4 is 5.32 Å². The van der Waals surface area contributed by atoms with Crippen LogP contribution in [-0.4, -0.2) is 18.4 Å². The highest BCUT2D eigenvalue weighted by Crippen LogP contribution is 2.08. The molecular weight excluding hydrogens is 114 g/mol. The molecule has 0 aromatic heterocycles. The molecule has 9 heavy (non-hydrogen) atoms. The highest BCUT2D eigenvalue weighted by atomic mass is 16.1. The van der Waals surface area contributed by atoms with Gasteiger partial charge in [0.05, 0.1) is 0 Å². The van der Waals surface area contributed by atoms with E-state index in [-0.39, 0.29) is 5.92 Å². The molecule has 1 aliphatic rings. The summed E-state index contributed by atoms with van der Waals surface area (Å²) in [5, 5.41) is 3.24. The van der Waals surface area contributed by atoms with Crippen molar-refractivity contribution in [1.82, 2.24) is 5.32 Å². The van der Waals surface area contributed by atoms with Gasteiger partial charge in [0.2, 0.25) is 0 Å². The van der Waals surface area contributed by atoms with Crippen LogP contribution >= 0.6 is 0 Å². The monoisotopic (exact) mass is 127 g/mol. The number of ketones is 1. The third kappa shape index (κ3) is 1.52. The number of carbonyl (C=O) groups is 1. The topological polar surface area (TPSA) is 29.1 Å². The van der Waals surface area contributed by atoms with E-state index in [0.717, 1.165) is 6.54 Å². The molecule has 0 amide bonds.